The molecule has 3 rings (SSSR count). The normalized spacial score (nSPS) is 19.4. The zero-order valence-electron chi connectivity index (χ0n) is 15.6. The Morgan fingerprint density at radius 2 is 1.93 bits per heavy atom. The van der Waals surface area contributed by atoms with Crippen LogP contribution in [-0.4, -0.2) is 35.0 Å². The van der Waals surface area contributed by atoms with E-state index >= 15 is 0 Å². The van der Waals surface area contributed by atoms with Crippen LogP contribution in [0.5, 0.6) is 5.88 Å². The maximum absolute atomic E-state index is 13.0. The third-order valence-corrected chi connectivity index (χ3v) is 5.01. The lowest BCUT2D eigenvalue weighted by atomic mass is 9.75. The molecule has 6 nitrogen and oxygen atoms in total. The number of ether oxygens (including phenoxy) is 1. The number of amides is 1. The SMILES string of the molecule is COc1ccc([C@@H](NC(=O)CCC(=O)c2ccc(F)cc2)C2CC(O)C2)cn1. The van der Waals surface area contributed by atoms with Gasteiger partial charge in [-0.1, -0.05) is 6.07 Å². The number of aromatic nitrogens is 1. The minimum atomic E-state index is -0.409. The number of benzene rings is 1. The predicted octanol–water partition coefficient (Wildman–Crippen LogP) is 2.82. The van der Waals surface area contributed by atoms with Crippen LogP contribution in [0, 0.1) is 11.7 Å². The fraction of sp³-hybridized carbons (Fsp3) is 0.381. The van der Waals surface area contributed by atoms with Crippen molar-refractivity contribution < 1.29 is 23.8 Å². The number of nitrogens with zero attached hydrogens (tertiary/aromatic N) is 1. The second-order valence-corrected chi connectivity index (χ2v) is 6.99. The van der Waals surface area contributed by atoms with Gasteiger partial charge >= 0.3 is 0 Å². The van der Waals surface area contributed by atoms with Crippen molar-refractivity contribution in [2.24, 2.45) is 5.92 Å². The molecule has 2 N–H and O–H groups in total. The number of rotatable bonds is 8. The number of ketones is 1. The molecule has 2 aromatic rings. The number of halogens is 1. The van der Waals surface area contributed by atoms with Crippen molar-refractivity contribution in [1.82, 2.24) is 10.3 Å². The summed E-state index contributed by atoms with van der Waals surface area (Å²) in [7, 11) is 1.53. The monoisotopic (exact) mass is 386 g/mol. The van der Waals surface area contributed by atoms with Gasteiger partial charge in [-0.15, -0.1) is 0 Å². The van der Waals surface area contributed by atoms with Crippen molar-refractivity contribution in [3.8, 4) is 5.88 Å². The summed E-state index contributed by atoms with van der Waals surface area (Å²) >= 11 is 0. The number of pyridine rings is 1. The molecule has 1 aromatic carbocycles. The van der Waals surface area contributed by atoms with E-state index < -0.39 is 5.82 Å². The van der Waals surface area contributed by atoms with Gasteiger partial charge in [-0.25, -0.2) is 9.37 Å². The van der Waals surface area contributed by atoms with Crippen LogP contribution in [0.2, 0.25) is 0 Å². The molecule has 1 aromatic heterocycles. The molecule has 28 heavy (non-hydrogen) atoms. The summed E-state index contributed by atoms with van der Waals surface area (Å²) in [5, 5.41) is 12.6. The van der Waals surface area contributed by atoms with Gasteiger partial charge in [0, 0.05) is 30.7 Å². The highest BCUT2D eigenvalue weighted by molar-refractivity contribution is 5.97. The first kappa shape index (κ1) is 19.9. The van der Waals surface area contributed by atoms with Crippen LogP contribution in [-0.2, 0) is 4.79 Å². The Labute approximate surface area is 162 Å². The molecule has 148 valence electrons. The lowest BCUT2D eigenvalue weighted by molar-refractivity contribution is -0.123. The summed E-state index contributed by atoms with van der Waals surface area (Å²) in [6.45, 7) is 0. The molecule has 1 amide bonds. The van der Waals surface area contributed by atoms with Gasteiger partial charge in [0.1, 0.15) is 5.82 Å². The molecule has 0 aliphatic heterocycles. The Morgan fingerprint density at radius 3 is 2.50 bits per heavy atom. The summed E-state index contributed by atoms with van der Waals surface area (Å²) in [6, 6.07) is 8.56. The maximum atomic E-state index is 13.0. The average molecular weight is 386 g/mol. The van der Waals surface area contributed by atoms with Crippen LogP contribution in [0.4, 0.5) is 4.39 Å². The molecule has 0 bridgehead atoms. The van der Waals surface area contributed by atoms with E-state index in [9.17, 15) is 19.1 Å². The Bertz CT molecular complexity index is 817. The van der Waals surface area contributed by atoms with E-state index in [4.69, 9.17) is 4.74 Å². The van der Waals surface area contributed by atoms with Gasteiger partial charge in [-0.3, -0.25) is 9.59 Å². The van der Waals surface area contributed by atoms with E-state index in [0.29, 0.717) is 24.3 Å². The molecular weight excluding hydrogens is 363 g/mol. The van der Waals surface area contributed by atoms with Crippen LogP contribution in [0.15, 0.2) is 42.6 Å². The Kier molecular flexibility index (Phi) is 6.36. The number of aliphatic hydroxyl groups excluding tert-OH is 1. The maximum Gasteiger partial charge on any atom is 0.220 e. The van der Waals surface area contributed by atoms with Crippen molar-refractivity contribution in [3.05, 3.63) is 59.5 Å². The Balaban J connectivity index is 1.60. The number of hydrogen-bond donors (Lipinski definition) is 2. The highest BCUT2D eigenvalue weighted by Gasteiger charge is 2.35. The van der Waals surface area contributed by atoms with Gasteiger partial charge in [-0.2, -0.15) is 0 Å². The lowest BCUT2D eigenvalue weighted by Crippen LogP contribution is -2.41. The summed E-state index contributed by atoms with van der Waals surface area (Å²) in [5.74, 6) is -0.281. The number of Topliss-reactive ketones (excluding diaryl/α,β-unsaturated/α-hetero) is 1. The van der Waals surface area contributed by atoms with Gasteiger partial charge in [0.15, 0.2) is 5.78 Å². The molecule has 1 atom stereocenters. The minimum absolute atomic E-state index is 0.0333. The fourth-order valence-corrected chi connectivity index (χ4v) is 3.32. The van der Waals surface area contributed by atoms with Crippen molar-refractivity contribution in [3.63, 3.8) is 0 Å². The second kappa shape index (κ2) is 8.93. The van der Waals surface area contributed by atoms with Crippen molar-refractivity contribution in [2.45, 2.75) is 37.8 Å². The van der Waals surface area contributed by atoms with Crippen LogP contribution in [0.1, 0.15) is 47.6 Å². The zero-order valence-corrected chi connectivity index (χ0v) is 15.6. The van der Waals surface area contributed by atoms with E-state index in [0.717, 1.165) is 5.56 Å². The smallest absolute Gasteiger partial charge is 0.220 e. The van der Waals surface area contributed by atoms with E-state index in [-0.39, 0.29) is 42.6 Å². The van der Waals surface area contributed by atoms with Crippen molar-refractivity contribution in [1.29, 1.82) is 0 Å². The lowest BCUT2D eigenvalue weighted by Gasteiger charge is -2.38. The molecule has 1 heterocycles. The molecular formula is C21H23FN2O4. The molecule has 0 radical (unpaired) electrons. The van der Waals surface area contributed by atoms with E-state index in [1.54, 1.807) is 12.3 Å². The molecule has 1 fully saturated rings. The highest BCUT2D eigenvalue weighted by Crippen LogP contribution is 2.38. The number of methoxy groups -OCH3 is 1. The topological polar surface area (TPSA) is 88.5 Å². The third kappa shape index (κ3) is 4.92. The zero-order chi connectivity index (χ0) is 20.1. The number of nitrogens with one attached hydrogen (secondary N) is 1. The summed E-state index contributed by atoms with van der Waals surface area (Å²) < 4.78 is 18.0. The third-order valence-electron chi connectivity index (χ3n) is 5.01. The van der Waals surface area contributed by atoms with Gasteiger partial charge < -0.3 is 15.2 Å². The first-order valence-electron chi connectivity index (χ1n) is 9.22. The molecule has 1 aliphatic carbocycles. The van der Waals surface area contributed by atoms with Crippen molar-refractivity contribution >= 4 is 11.7 Å². The largest absolute Gasteiger partial charge is 0.481 e. The van der Waals surface area contributed by atoms with Gasteiger partial charge in [0.25, 0.3) is 0 Å². The first-order valence-corrected chi connectivity index (χ1v) is 9.22. The summed E-state index contributed by atoms with van der Waals surface area (Å²) in [5.41, 5.74) is 1.21. The summed E-state index contributed by atoms with van der Waals surface area (Å²) in [4.78, 5) is 28.8. The van der Waals surface area contributed by atoms with Gasteiger partial charge in [0.2, 0.25) is 11.8 Å². The van der Waals surface area contributed by atoms with E-state index in [1.165, 1.54) is 31.4 Å². The average Bonchev–Trinajstić information content (AvgIpc) is 2.69. The summed E-state index contributed by atoms with van der Waals surface area (Å²) in [6.07, 6.45) is 2.58. The van der Waals surface area contributed by atoms with Crippen LogP contribution in [0.3, 0.4) is 0 Å². The number of carbonyl (C=O) groups excluding carboxylic acids is 2. The molecule has 7 heteroatoms. The Hall–Kier alpha value is -2.80. The standard InChI is InChI=1S/C21H23FN2O4/c1-28-20-9-4-14(12-23-20)21(15-10-17(25)11-15)24-19(27)8-7-18(26)13-2-5-16(22)6-3-13/h2-6,9,12,15,17,21,25H,7-8,10-11H2,1H3,(H,24,27)/t15?,17?,21-/m1/s1. The van der Waals surface area contributed by atoms with Crippen LogP contribution in [0.25, 0.3) is 0 Å². The van der Waals surface area contributed by atoms with Gasteiger partial charge in [-0.05, 0) is 48.6 Å². The second-order valence-electron chi connectivity index (χ2n) is 6.99. The molecule has 0 spiro atoms. The fourth-order valence-electron chi connectivity index (χ4n) is 3.32. The number of hydrogen-bond acceptors (Lipinski definition) is 5. The van der Waals surface area contributed by atoms with Crippen LogP contribution >= 0.6 is 0 Å². The molecule has 1 saturated carbocycles. The molecule has 0 unspecified atom stereocenters. The number of carbonyl (C=O) groups is 2. The molecule has 1 aliphatic rings. The molecule has 0 saturated heterocycles. The highest BCUT2D eigenvalue weighted by atomic mass is 19.1. The Morgan fingerprint density at radius 1 is 1.21 bits per heavy atom. The quantitative estimate of drug-likeness (QED) is 0.681. The minimum Gasteiger partial charge on any atom is -0.481 e. The van der Waals surface area contributed by atoms with E-state index in [1.807, 2.05) is 6.07 Å². The van der Waals surface area contributed by atoms with Gasteiger partial charge in [0.05, 0.1) is 19.3 Å². The van der Waals surface area contributed by atoms with Crippen molar-refractivity contribution in [2.75, 3.05) is 7.11 Å². The predicted molar refractivity (Wildman–Crippen MR) is 100 cm³/mol. The number of aliphatic hydroxyl groups is 1. The van der Waals surface area contributed by atoms with E-state index in [2.05, 4.69) is 10.3 Å². The first-order chi connectivity index (χ1) is 13.5. The van der Waals surface area contributed by atoms with Crippen LogP contribution < -0.4 is 10.1 Å².